The van der Waals surface area contributed by atoms with Gasteiger partial charge in [-0.2, -0.15) is 0 Å². The number of hydrogen-bond donors (Lipinski definition) is 0. The van der Waals surface area contributed by atoms with Crippen LogP contribution in [-0.2, 0) is 17.6 Å². The van der Waals surface area contributed by atoms with Crippen LogP contribution >= 0.6 is 0 Å². The van der Waals surface area contributed by atoms with E-state index >= 15 is 0 Å². The molecule has 2 heteroatoms. The highest BCUT2D eigenvalue weighted by molar-refractivity contribution is 5.79. The number of nitrogens with zero attached hydrogens (tertiary/aromatic N) is 1. The molecule has 88 valence electrons. The molecule has 0 heterocycles. The monoisotopic (exact) mass is 227 g/mol. The van der Waals surface area contributed by atoms with Crippen molar-refractivity contribution in [1.29, 1.82) is 0 Å². The van der Waals surface area contributed by atoms with Crippen molar-refractivity contribution in [2.24, 2.45) is 5.92 Å². The lowest BCUT2D eigenvalue weighted by atomic mass is 9.83. The molecule has 17 heavy (non-hydrogen) atoms. The Morgan fingerprint density at radius 3 is 2.88 bits per heavy atom. The second kappa shape index (κ2) is 5.05. The molecule has 0 fully saturated rings. The zero-order valence-electron chi connectivity index (χ0n) is 10.1. The number of rotatable bonds is 2. The molecule has 0 aliphatic heterocycles. The normalized spacial score (nSPS) is 18.0. The molecular formula is C15H17NO. The molecule has 1 aromatic rings. The summed E-state index contributed by atoms with van der Waals surface area (Å²) in [6.07, 6.45) is 8.01. The number of fused-ring (bicyclic) bond motifs is 1. The van der Waals surface area contributed by atoms with Crippen molar-refractivity contribution in [2.45, 2.75) is 19.3 Å². The fourth-order valence-corrected chi connectivity index (χ4v) is 2.44. The SMILES string of the molecule is C#CCN(C)C(=O)C1CCc2ccccc2C1. The van der Waals surface area contributed by atoms with Crippen LogP contribution < -0.4 is 0 Å². The van der Waals surface area contributed by atoms with Crippen LogP contribution in [0, 0.1) is 18.3 Å². The molecule has 0 saturated carbocycles. The summed E-state index contributed by atoms with van der Waals surface area (Å²) in [7, 11) is 1.78. The van der Waals surface area contributed by atoms with Crippen molar-refractivity contribution in [2.75, 3.05) is 13.6 Å². The molecular weight excluding hydrogens is 210 g/mol. The largest absolute Gasteiger partial charge is 0.334 e. The maximum absolute atomic E-state index is 12.1. The first-order valence-electron chi connectivity index (χ1n) is 5.97. The molecule has 1 aliphatic carbocycles. The Morgan fingerprint density at radius 2 is 2.18 bits per heavy atom. The minimum Gasteiger partial charge on any atom is -0.334 e. The van der Waals surface area contributed by atoms with Gasteiger partial charge in [-0.1, -0.05) is 30.2 Å². The second-order valence-corrected chi connectivity index (χ2v) is 4.61. The van der Waals surface area contributed by atoms with Crippen molar-refractivity contribution in [3.8, 4) is 12.3 Å². The molecule has 0 aromatic heterocycles. The molecule has 0 N–H and O–H groups in total. The van der Waals surface area contributed by atoms with Crippen LogP contribution in [-0.4, -0.2) is 24.4 Å². The van der Waals surface area contributed by atoms with E-state index in [1.807, 2.05) is 6.07 Å². The van der Waals surface area contributed by atoms with Gasteiger partial charge in [0.2, 0.25) is 5.91 Å². The van der Waals surface area contributed by atoms with Crippen LogP contribution in [0.4, 0.5) is 0 Å². The zero-order chi connectivity index (χ0) is 12.3. The summed E-state index contributed by atoms with van der Waals surface area (Å²) in [6.45, 7) is 0.400. The van der Waals surface area contributed by atoms with Gasteiger partial charge in [0.05, 0.1) is 6.54 Å². The van der Waals surface area contributed by atoms with Crippen molar-refractivity contribution < 1.29 is 4.79 Å². The van der Waals surface area contributed by atoms with E-state index in [4.69, 9.17) is 6.42 Å². The lowest BCUT2D eigenvalue weighted by Gasteiger charge is -2.27. The van der Waals surface area contributed by atoms with Crippen LogP contribution in [0.2, 0.25) is 0 Å². The fraction of sp³-hybridized carbons (Fsp3) is 0.400. The molecule has 1 aromatic carbocycles. The third-order valence-corrected chi connectivity index (χ3v) is 3.40. The summed E-state index contributed by atoms with van der Waals surface area (Å²) in [5.41, 5.74) is 2.70. The van der Waals surface area contributed by atoms with E-state index in [2.05, 4.69) is 24.1 Å². The first kappa shape index (κ1) is 11.7. The highest BCUT2D eigenvalue weighted by Crippen LogP contribution is 2.26. The Bertz CT molecular complexity index is 458. The second-order valence-electron chi connectivity index (χ2n) is 4.61. The maximum atomic E-state index is 12.1. The number of benzene rings is 1. The zero-order valence-corrected chi connectivity index (χ0v) is 10.1. The number of carbonyl (C=O) groups excluding carboxylic acids is 1. The van der Waals surface area contributed by atoms with Gasteiger partial charge in [0.25, 0.3) is 0 Å². The third-order valence-electron chi connectivity index (χ3n) is 3.40. The van der Waals surface area contributed by atoms with Gasteiger partial charge < -0.3 is 4.90 Å². The average Bonchev–Trinajstić information content (AvgIpc) is 2.37. The molecule has 0 saturated heterocycles. The lowest BCUT2D eigenvalue weighted by Crippen LogP contribution is -2.35. The van der Waals surface area contributed by atoms with Gasteiger partial charge in [-0.05, 0) is 30.4 Å². The Kier molecular flexibility index (Phi) is 3.49. The third kappa shape index (κ3) is 2.50. The number of hydrogen-bond acceptors (Lipinski definition) is 1. The van der Waals surface area contributed by atoms with Crippen LogP contribution in [0.3, 0.4) is 0 Å². The van der Waals surface area contributed by atoms with E-state index in [0.717, 1.165) is 19.3 Å². The van der Waals surface area contributed by atoms with Gasteiger partial charge >= 0.3 is 0 Å². The Morgan fingerprint density at radius 1 is 1.47 bits per heavy atom. The quantitative estimate of drug-likeness (QED) is 0.706. The van der Waals surface area contributed by atoms with Gasteiger partial charge in [0.15, 0.2) is 0 Å². The van der Waals surface area contributed by atoms with E-state index < -0.39 is 0 Å². The minimum absolute atomic E-state index is 0.100. The fourth-order valence-electron chi connectivity index (χ4n) is 2.44. The van der Waals surface area contributed by atoms with Crippen molar-refractivity contribution in [3.05, 3.63) is 35.4 Å². The molecule has 0 bridgehead atoms. The number of aryl methyl sites for hydroxylation is 1. The molecule has 1 unspecified atom stereocenters. The van der Waals surface area contributed by atoms with E-state index in [-0.39, 0.29) is 11.8 Å². The van der Waals surface area contributed by atoms with Crippen molar-refractivity contribution >= 4 is 5.91 Å². The highest BCUT2D eigenvalue weighted by atomic mass is 16.2. The van der Waals surface area contributed by atoms with Crippen LogP contribution in [0.1, 0.15) is 17.5 Å². The van der Waals surface area contributed by atoms with Gasteiger partial charge in [-0.15, -0.1) is 6.42 Å². The predicted molar refractivity (Wildman–Crippen MR) is 68.4 cm³/mol. The molecule has 0 spiro atoms. The molecule has 1 atom stereocenters. The minimum atomic E-state index is 0.100. The Hall–Kier alpha value is -1.75. The van der Waals surface area contributed by atoms with Gasteiger partial charge in [-0.3, -0.25) is 4.79 Å². The van der Waals surface area contributed by atoms with E-state index in [0.29, 0.717) is 6.54 Å². The van der Waals surface area contributed by atoms with Gasteiger partial charge in [0.1, 0.15) is 0 Å². The van der Waals surface area contributed by atoms with Crippen LogP contribution in [0.15, 0.2) is 24.3 Å². The van der Waals surface area contributed by atoms with E-state index in [1.165, 1.54) is 11.1 Å². The molecule has 0 radical (unpaired) electrons. The lowest BCUT2D eigenvalue weighted by molar-refractivity contribution is -0.133. The first-order chi connectivity index (χ1) is 8.22. The van der Waals surface area contributed by atoms with Gasteiger partial charge in [-0.25, -0.2) is 0 Å². The first-order valence-corrected chi connectivity index (χ1v) is 5.97. The smallest absolute Gasteiger partial charge is 0.226 e. The summed E-state index contributed by atoms with van der Waals surface area (Å²) < 4.78 is 0. The van der Waals surface area contributed by atoms with E-state index in [1.54, 1.807) is 11.9 Å². The summed E-state index contributed by atoms with van der Waals surface area (Å²) in [5.74, 6) is 2.79. The van der Waals surface area contributed by atoms with Crippen LogP contribution in [0.5, 0.6) is 0 Å². The number of amides is 1. The molecule has 2 nitrogen and oxygen atoms in total. The number of terminal acetylenes is 1. The Labute approximate surface area is 103 Å². The molecule has 1 aliphatic rings. The molecule has 2 rings (SSSR count). The summed E-state index contributed by atoms with van der Waals surface area (Å²) >= 11 is 0. The van der Waals surface area contributed by atoms with E-state index in [9.17, 15) is 4.79 Å². The highest BCUT2D eigenvalue weighted by Gasteiger charge is 2.26. The van der Waals surface area contributed by atoms with Crippen molar-refractivity contribution in [1.82, 2.24) is 4.90 Å². The summed E-state index contributed by atoms with van der Waals surface area (Å²) in [5, 5.41) is 0. The number of carbonyl (C=O) groups is 1. The summed E-state index contributed by atoms with van der Waals surface area (Å²) in [6, 6.07) is 8.37. The maximum Gasteiger partial charge on any atom is 0.226 e. The standard InChI is InChI=1S/C15H17NO/c1-3-10-16(2)15(17)14-9-8-12-6-4-5-7-13(12)11-14/h1,4-7,14H,8-11H2,2H3. The summed E-state index contributed by atoms with van der Waals surface area (Å²) in [4.78, 5) is 13.8. The predicted octanol–water partition coefficient (Wildman–Crippen LogP) is 1.88. The van der Waals surface area contributed by atoms with Crippen LogP contribution in [0.25, 0.3) is 0 Å². The Balaban J connectivity index is 2.08. The topological polar surface area (TPSA) is 20.3 Å². The average molecular weight is 227 g/mol. The van der Waals surface area contributed by atoms with Crippen molar-refractivity contribution in [3.63, 3.8) is 0 Å². The van der Waals surface area contributed by atoms with Gasteiger partial charge in [0, 0.05) is 13.0 Å². The molecule has 1 amide bonds.